The maximum Gasteiger partial charge on any atom is 0.141 e. The molecule has 0 spiro atoms. The molecule has 104 valence electrons. The van der Waals surface area contributed by atoms with E-state index < -0.39 is 0 Å². The zero-order valence-electron chi connectivity index (χ0n) is 10.8. The number of nitrogens with two attached hydrogens (primary N) is 1. The van der Waals surface area contributed by atoms with Gasteiger partial charge in [-0.2, -0.15) is 0 Å². The summed E-state index contributed by atoms with van der Waals surface area (Å²) in [6.07, 6.45) is 0.764. The lowest BCUT2D eigenvalue weighted by Crippen LogP contribution is -2.16. The summed E-state index contributed by atoms with van der Waals surface area (Å²) in [5.74, 6) is 1.50. The maximum absolute atomic E-state index is 13.1. The number of thioether (sulfide) groups is 1. The van der Waals surface area contributed by atoms with Gasteiger partial charge in [0, 0.05) is 16.9 Å². The fourth-order valence-corrected chi connectivity index (χ4v) is 2.87. The normalized spacial score (nSPS) is 14.1. The Morgan fingerprint density at radius 1 is 1.35 bits per heavy atom. The second-order valence-electron chi connectivity index (χ2n) is 4.50. The fourth-order valence-electron chi connectivity index (χ4n) is 2.08. The number of hydrogen-bond acceptors (Lipinski definition) is 5. The van der Waals surface area contributed by atoms with E-state index in [1.165, 1.54) is 23.9 Å². The second-order valence-corrected chi connectivity index (χ2v) is 5.55. The Labute approximate surface area is 120 Å². The zero-order valence-corrected chi connectivity index (χ0v) is 11.6. The van der Waals surface area contributed by atoms with E-state index in [1.54, 1.807) is 6.07 Å². The number of aromatic nitrogens is 2. The highest BCUT2D eigenvalue weighted by Gasteiger charge is 2.16. The summed E-state index contributed by atoms with van der Waals surface area (Å²) in [4.78, 5) is 9.68. The van der Waals surface area contributed by atoms with E-state index in [1.807, 2.05) is 6.07 Å². The van der Waals surface area contributed by atoms with Crippen LogP contribution in [-0.4, -0.2) is 16.6 Å². The lowest BCUT2D eigenvalue weighted by molar-refractivity contribution is 0.109. The van der Waals surface area contributed by atoms with Crippen molar-refractivity contribution in [2.75, 3.05) is 12.3 Å². The molecule has 0 radical (unpaired) electrons. The third kappa shape index (κ3) is 2.91. The summed E-state index contributed by atoms with van der Waals surface area (Å²) < 4.78 is 18.5. The number of halogens is 1. The van der Waals surface area contributed by atoms with Crippen LogP contribution in [0.2, 0.25) is 0 Å². The quantitative estimate of drug-likeness (QED) is 0.881. The van der Waals surface area contributed by atoms with E-state index in [0.717, 1.165) is 22.6 Å². The number of nitrogens with zero attached hydrogens (tertiary/aromatic N) is 2. The van der Waals surface area contributed by atoms with Gasteiger partial charge in [-0.15, -0.1) is 11.8 Å². The monoisotopic (exact) mass is 291 g/mol. The summed E-state index contributed by atoms with van der Waals surface area (Å²) in [5.41, 5.74) is 7.80. The predicted molar refractivity (Wildman–Crippen MR) is 75.8 cm³/mol. The van der Waals surface area contributed by atoms with E-state index in [9.17, 15) is 4.39 Å². The van der Waals surface area contributed by atoms with Gasteiger partial charge in [-0.1, -0.05) is 6.07 Å². The SMILES string of the molecule is Nc1nc(CSc2cccc(F)c2)nc2c1COCC2. The first kappa shape index (κ1) is 13.3. The van der Waals surface area contributed by atoms with Gasteiger partial charge in [-0.05, 0) is 18.2 Å². The van der Waals surface area contributed by atoms with Crippen molar-refractivity contribution in [2.24, 2.45) is 0 Å². The molecular formula is C14H14FN3OS. The van der Waals surface area contributed by atoms with Crippen LogP contribution in [0.15, 0.2) is 29.2 Å². The average molecular weight is 291 g/mol. The molecule has 0 amide bonds. The number of hydrogen-bond donors (Lipinski definition) is 1. The van der Waals surface area contributed by atoms with Crippen molar-refractivity contribution in [3.63, 3.8) is 0 Å². The highest BCUT2D eigenvalue weighted by molar-refractivity contribution is 7.98. The first-order valence-corrected chi connectivity index (χ1v) is 7.31. The molecular weight excluding hydrogens is 277 g/mol. The van der Waals surface area contributed by atoms with Crippen LogP contribution in [0.3, 0.4) is 0 Å². The first-order chi connectivity index (χ1) is 9.72. The van der Waals surface area contributed by atoms with E-state index >= 15 is 0 Å². The maximum atomic E-state index is 13.1. The van der Waals surface area contributed by atoms with Crippen LogP contribution in [0.1, 0.15) is 17.1 Å². The van der Waals surface area contributed by atoms with Crippen molar-refractivity contribution in [3.8, 4) is 0 Å². The molecule has 6 heteroatoms. The topological polar surface area (TPSA) is 61.0 Å². The van der Waals surface area contributed by atoms with Gasteiger partial charge < -0.3 is 10.5 Å². The van der Waals surface area contributed by atoms with Gasteiger partial charge in [0.15, 0.2) is 0 Å². The summed E-state index contributed by atoms with van der Waals surface area (Å²) in [5, 5.41) is 0. The first-order valence-electron chi connectivity index (χ1n) is 6.32. The van der Waals surface area contributed by atoms with Gasteiger partial charge >= 0.3 is 0 Å². The van der Waals surface area contributed by atoms with Crippen LogP contribution < -0.4 is 5.73 Å². The Bertz CT molecular complexity index is 636. The van der Waals surface area contributed by atoms with Crippen LogP contribution in [0.25, 0.3) is 0 Å². The molecule has 1 aromatic heterocycles. The number of fused-ring (bicyclic) bond motifs is 1. The zero-order chi connectivity index (χ0) is 13.9. The van der Waals surface area contributed by atoms with Crippen LogP contribution in [0, 0.1) is 5.82 Å². The molecule has 0 bridgehead atoms. The van der Waals surface area contributed by atoms with Crippen molar-refractivity contribution in [1.82, 2.24) is 9.97 Å². The van der Waals surface area contributed by atoms with Crippen LogP contribution >= 0.6 is 11.8 Å². The lowest BCUT2D eigenvalue weighted by atomic mass is 10.1. The van der Waals surface area contributed by atoms with E-state index in [4.69, 9.17) is 10.5 Å². The Hall–Kier alpha value is -1.66. The highest BCUT2D eigenvalue weighted by atomic mass is 32.2. The van der Waals surface area contributed by atoms with E-state index in [-0.39, 0.29) is 5.82 Å². The minimum absolute atomic E-state index is 0.238. The Morgan fingerprint density at radius 2 is 2.25 bits per heavy atom. The molecule has 0 saturated carbocycles. The molecule has 1 aliphatic heterocycles. The minimum Gasteiger partial charge on any atom is -0.383 e. The minimum atomic E-state index is -0.238. The summed E-state index contributed by atoms with van der Waals surface area (Å²) in [6, 6.07) is 6.48. The van der Waals surface area contributed by atoms with Gasteiger partial charge in [0.2, 0.25) is 0 Å². The molecule has 20 heavy (non-hydrogen) atoms. The van der Waals surface area contributed by atoms with Crippen molar-refractivity contribution < 1.29 is 9.13 Å². The van der Waals surface area contributed by atoms with Crippen molar-refractivity contribution >= 4 is 17.6 Å². The predicted octanol–water partition coefficient (Wildman–Crippen LogP) is 2.56. The average Bonchev–Trinajstić information content (AvgIpc) is 2.45. The fraction of sp³-hybridized carbons (Fsp3) is 0.286. The molecule has 2 N–H and O–H groups in total. The Balaban J connectivity index is 1.76. The van der Waals surface area contributed by atoms with E-state index in [2.05, 4.69) is 9.97 Å². The molecule has 0 unspecified atom stereocenters. The summed E-state index contributed by atoms with van der Waals surface area (Å²) >= 11 is 1.50. The van der Waals surface area contributed by atoms with Crippen molar-refractivity contribution in [1.29, 1.82) is 0 Å². The van der Waals surface area contributed by atoms with Gasteiger partial charge in [0.1, 0.15) is 17.5 Å². The third-order valence-electron chi connectivity index (χ3n) is 3.06. The molecule has 3 rings (SSSR count). The standard InChI is InChI=1S/C14H14FN3OS/c15-9-2-1-3-10(6-9)20-8-13-17-12-4-5-19-7-11(12)14(16)18-13/h1-3,6H,4-5,7-8H2,(H2,16,17,18). The van der Waals surface area contributed by atoms with Crippen molar-refractivity contribution in [2.45, 2.75) is 23.7 Å². The molecule has 0 atom stereocenters. The Morgan fingerprint density at radius 3 is 3.10 bits per heavy atom. The van der Waals surface area contributed by atoms with E-state index in [0.29, 0.717) is 30.6 Å². The summed E-state index contributed by atoms with van der Waals surface area (Å²) in [7, 11) is 0. The number of anilines is 1. The number of rotatable bonds is 3. The smallest absolute Gasteiger partial charge is 0.141 e. The number of nitrogen functional groups attached to an aromatic ring is 1. The van der Waals surface area contributed by atoms with Crippen LogP contribution in [0.4, 0.5) is 10.2 Å². The number of benzene rings is 1. The molecule has 0 fully saturated rings. The van der Waals surface area contributed by atoms with Gasteiger partial charge in [-0.3, -0.25) is 0 Å². The molecule has 2 aromatic rings. The third-order valence-corrected chi connectivity index (χ3v) is 4.05. The second kappa shape index (κ2) is 5.76. The molecule has 0 aliphatic carbocycles. The molecule has 4 nitrogen and oxygen atoms in total. The van der Waals surface area contributed by atoms with Crippen LogP contribution in [-0.2, 0) is 23.5 Å². The lowest BCUT2D eigenvalue weighted by Gasteiger charge is -2.17. The molecule has 0 saturated heterocycles. The highest BCUT2D eigenvalue weighted by Crippen LogP contribution is 2.25. The largest absolute Gasteiger partial charge is 0.383 e. The van der Waals surface area contributed by atoms with Gasteiger partial charge in [0.25, 0.3) is 0 Å². The van der Waals surface area contributed by atoms with Crippen molar-refractivity contribution in [3.05, 3.63) is 47.2 Å². The summed E-state index contributed by atoms with van der Waals surface area (Å²) in [6.45, 7) is 1.15. The molecule has 1 aliphatic rings. The Kier molecular flexibility index (Phi) is 3.84. The van der Waals surface area contributed by atoms with Gasteiger partial charge in [0.05, 0.1) is 24.7 Å². The molecule has 1 aromatic carbocycles. The van der Waals surface area contributed by atoms with Crippen LogP contribution in [0.5, 0.6) is 0 Å². The molecule has 2 heterocycles. The van der Waals surface area contributed by atoms with Gasteiger partial charge in [-0.25, -0.2) is 14.4 Å². The number of ether oxygens (including phenoxy) is 1.